The quantitative estimate of drug-likeness (QED) is 0.162. The van der Waals surface area contributed by atoms with Crippen LogP contribution in [0.1, 0.15) is 36.0 Å². The van der Waals surface area contributed by atoms with E-state index in [0.29, 0.717) is 0 Å². The molecule has 0 aliphatic rings. The molecule has 0 N–H and O–H groups in total. The summed E-state index contributed by atoms with van der Waals surface area (Å²) in [6.07, 6.45) is 4.61. The van der Waals surface area contributed by atoms with Crippen LogP contribution < -0.4 is 0 Å². The summed E-state index contributed by atoms with van der Waals surface area (Å²) in [6.45, 7) is 4.68. The summed E-state index contributed by atoms with van der Waals surface area (Å²) in [6, 6.07) is 56.2. The Morgan fingerprint density at radius 3 is 2.15 bits per heavy atom. The second-order valence-electron chi connectivity index (χ2n) is 14.0. The summed E-state index contributed by atoms with van der Waals surface area (Å²) < 4.78 is 29.9. The van der Waals surface area contributed by atoms with Gasteiger partial charge in [-0.25, -0.2) is 0 Å². The van der Waals surface area contributed by atoms with E-state index in [4.69, 9.17) is 13.5 Å². The Morgan fingerprint density at radius 1 is 0.704 bits per heavy atom. The first-order valence-corrected chi connectivity index (χ1v) is 17.7. The first kappa shape index (κ1) is 32.8. The zero-order chi connectivity index (χ0) is 38.9. The van der Waals surface area contributed by atoms with Gasteiger partial charge >= 0.3 is 0 Å². The number of pyridine rings is 1. The van der Waals surface area contributed by atoms with Crippen LogP contribution >= 0.6 is 0 Å². The second kappa shape index (κ2) is 15.6. The molecule has 0 atom stereocenters. The van der Waals surface area contributed by atoms with Crippen molar-refractivity contribution in [3.63, 3.8) is 0 Å². The molecule has 5 heteroatoms. The number of aromatic nitrogens is 3. The van der Waals surface area contributed by atoms with Crippen LogP contribution in [0, 0.1) is 19.2 Å². The molecule has 9 rings (SSSR count). The topological polar surface area (TPSA) is 43.9 Å². The molecule has 3 heterocycles. The zero-order valence-electron chi connectivity index (χ0n) is 33.2. The average molecular weight is 881 g/mol. The van der Waals surface area contributed by atoms with Crippen molar-refractivity contribution in [1.29, 1.82) is 0 Å². The van der Waals surface area contributed by atoms with Crippen LogP contribution in [0.2, 0.25) is 0 Å². The molecule has 0 amide bonds. The van der Waals surface area contributed by atoms with Gasteiger partial charge in [-0.3, -0.25) is 4.98 Å². The first-order valence-electron chi connectivity index (χ1n) is 19.2. The van der Waals surface area contributed by atoms with E-state index in [2.05, 4.69) is 146 Å². The van der Waals surface area contributed by atoms with E-state index in [0.717, 1.165) is 67.0 Å². The minimum Gasteiger partial charge on any atom is -0.557 e. The standard InChI is InChI=1S/C37H29N2O.C12H10N.Ir/c1-37(2,3)28-19-20-33(29(23-28)26-14-8-5-9-15-26)39-34-17-11-10-16-32(34)38-36(39)31-24-40-35-21-18-27(22-30(31)35)25-12-6-4-7-13-25;1-10-7-8-12(13-9-10)11-5-3-2-4-6-11;/h4-23H,1-3H3;2-5,7-9H,1H3;/q2*-1;/i;1D3;. The van der Waals surface area contributed by atoms with Gasteiger partial charge in [-0.1, -0.05) is 141 Å². The number of imidazole rings is 1. The van der Waals surface area contributed by atoms with Gasteiger partial charge in [-0.15, -0.1) is 35.9 Å². The molecule has 6 aromatic carbocycles. The maximum absolute atomic E-state index is 7.23. The van der Waals surface area contributed by atoms with Crippen molar-refractivity contribution in [2.24, 2.45) is 0 Å². The Hall–Kier alpha value is -5.87. The zero-order valence-corrected chi connectivity index (χ0v) is 32.6. The SMILES string of the molecule is CC(C)(C)c1ccc(-n2c(-c3[c-]oc4ccc(-c5ccccc5)cc34)nc3ccccc32)c(-c2ccccc2)c1.[2H]C([2H])([2H])c1ccc(-c2[c-]cccc2)nc1.[Ir]. The summed E-state index contributed by atoms with van der Waals surface area (Å²) in [7, 11) is 0. The van der Waals surface area contributed by atoms with Crippen molar-refractivity contribution in [2.75, 3.05) is 0 Å². The largest absolute Gasteiger partial charge is 0.557 e. The molecule has 0 unspecified atom stereocenters. The summed E-state index contributed by atoms with van der Waals surface area (Å²) in [5.41, 5.74) is 12.5. The van der Waals surface area contributed by atoms with Gasteiger partial charge in [0.05, 0.1) is 16.9 Å². The van der Waals surface area contributed by atoms with Crippen LogP contribution in [0.5, 0.6) is 0 Å². The molecule has 0 fully saturated rings. The molecule has 54 heavy (non-hydrogen) atoms. The van der Waals surface area contributed by atoms with Crippen LogP contribution in [0.15, 0.2) is 168 Å². The maximum Gasteiger partial charge on any atom is 0.0774 e. The van der Waals surface area contributed by atoms with Crippen LogP contribution in [-0.2, 0) is 25.5 Å². The number of furan rings is 1. The summed E-state index contributed by atoms with van der Waals surface area (Å²) >= 11 is 0. The van der Waals surface area contributed by atoms with E-state index in [1.165, 1.54) is 17.3 Å². The van der Waals surface area contributed by atoms with Crippen molar-refractivity contribution in [2.45, 2.75) is 33.0 Å². The monoisotopic (exact) mass is 881 g/mol. The fraction of sp³-hybridized carbons (Fsp3) is 0.102. The molecule has 0 bridgehead atoms. The second-order valence-corrected chi connectivity index (χ2v) is 14.0. The molecule has 0 saturated heterocycles. The van der Waals surface area contributed by atoms with Crippen LogP contribution in [0.3, 0.4) is 0 Å². The predicted molar refractivity (Wildman–Crippen MR) is 218 cm³/mol. The Balaban J connectivity index is 0.000000246. The van der Waals surface area contributed by atoms with Crippen molar-refractivity contribution in [3.8, 4) is 50.6 Å². The fourth-order valence-corrected chi connectivity index (χ4v) is 6.54. The van der Waals surface area contributed by atoms with Crippen LogP contribution in [0.4, 0.5) is 0 Å². The number of benzene rings is 6. The number of hydrogen-bond donors (Lipinski definition) is 0. The molecule has 1 radical (unpaired) electrons. The van der Waals surface area contributed by atoms with Gasteiger partial charge in [-0.05, 0) is 70.0 Å². The minimum atomic E-state index is -2.09. The van der Waals surface area contributed by atoms with Crippen molar-refractivity contribution >= 4 is 22.0 Å². The number of rotatable bonds is 5. The van der Waals surface area contributed by atoms with Crippen molar-refractivity contribution in [1.82, 2.24) is 14.5 Å². The van der Waals surface area contributed by atoms with Gasteiger partial charge in [0.1, 0.15) is 0 Å². The van der Waals surface area contributed by atoms with Gasteiger partial charge in [0.15, 0.2) is 0 Å². The van der Waals surface area contributed by atoms with E-state index in [1.807, 2.05) is 36.4 Å². The Morgan fingerprint density at radius 2 is 1.44 bits per heavy atom. The molecule has 0 spiro atoms. The van der Waals surface area contributed by atoms with E-state index < -0.39 is 6.85 Å². The summed E-state index contributed by atoms with van der Waals surface area (Å²) in [4.78, 5) is 9.29. The Labute approximate surface area is 334 Å². The molecule has 9 aromatic rings. The molecule has 0 saturated carbocycles. The molecular weight excluding hydrogens is 839 g/mol. The molecule has 3 aromatic heterocycles. The van der Waals surface area contributed by atoms with Crippen LogP contribution in [-0.4, -0.2) is 14.5 Å². The number of aryl methyl sites for hydroxylation is 1. The molecular formula is C49H39IrN3O-2. The first-order chi connectivity index (χ1) is 27.0. The smallest absolute Gasteiger partial charge is 0.0774 e. The van der Waals surface area contributed by atoms with Gasteiger partial charge in [0.2, 0.25) is 0 Å². The Bertz CT molecular complexity index is 2750. The number of hydrogen-bond acceptors (Lipinski definition) is 3. The van der Waals surface area contributed by atoms with E-state index in [9.17, 15) is 0 Å². The van der Waals surface area contributed by atoms with Gasteiger partial charge < -0.3 is 14.0 Å². The van der Waals surface area contributed by atoms with E-state index in [1.54, 1.807) is 18.2 Å². The van der Waals surface area contributed by atoms with Gasteiger partial charge in [-0.2, -0.15) is 0 Å². The van der Waals surface area contributed by atoms with Crippen molar-refractivity contribution in [3.05, 3.63) is 187 Å². The number of fused-ring (bicyclic) bond motifs is 2. The average Bonchev–Trinajstić information content (AvgIpc) is 3.82. The van der Waals surface area contributed by atoms with E-state index in [-0.39, 0.29) is 31.1 Å². The predicted octanol–water partition coefficient (Wildman–Crippen LogP) is 12.7. The molecule has 0 aliphatic heterocycles. The van der Waals surface area contributed by atoms with E-state index >= 15 is 0 Å². The third-order valence-corrected chi connectivity index (χ3v) is 9.34. The van der Waals surface area contributed by atoms with Gasteiger partial charge in [0, 0.05) is 53.5 Å². The van der Waals surface area contributed by atoms with Crippen molar-refractivity contribution < 1.29 is 28.6 Å². The normalized spacial score (nSPS) is 12.2. The minimum absolute atomic E-state index is 0. The third kappa shape index (κ3) is 7.47. The summed E-state index contributed by atoms with van der Waals surface area (Å²) in [5, 5.41) is 0.991. The number of para-hydroxylation sites is 2. The maximum atomic E-state index is 7.23. The Kier molecular flexibility index (Phi) is 9.47. The van der Waals surface area contributed by atoms with Crippen LogP contribution in [0.25, 0.3) is 72.6 Å². The summed E-state index contributed by atoms with van der Waals surface area (Å²) in [5.74, 6) is 0.811. The molecule has 0 aliphatic carbocycles. The molecule has 267 valence electrons. The fourth-order valence-electron chi connectivity index (χ4n) is 6.54. The third-order valence-electron chi connectivity index (χ3n) is 9.34. The number of nitrogens with zero attached hydrogens (tertiary/aromatic N) is 3. The molecule has 4 nitrogen and oxygen atoms in total. The van der Waals surface area contributed by atoms with Gasteiger partial charge in [0.25, 0.3) is 0 Å².